The maximum atomic E-state index is 12.7. The molecule has 1 aromatic heterocycles. The summed E-state index contributed by atoms with van der Waals surface area (Å²) in [5.41, 5.74) is 0.944. The number of carbonyl (C=O) groups is 1. The van der Waals surface area contributed by atoms with Crippen LogP contribution in [0.5, 0.6) is 0 Å². The number of carbonyl (C=O) groups excluding carboxylic acids is 1. The highest BCUT2D eigenvalue weighted by atomic mass is 16.5. The molecule has 134 valence electrons. The number of aromatic nitrogens is 2. The zero-order valence-electron chi connectivity index (χ0n) is 15.0. The molecule has 0 bridgehead atoms. The molecule has 2 heterocycles. The molecule has 1 N–H and O–H groups in total. The minimum atomic E-state index is -0.0624. The molecule has 0 saturated carbocycles. The quantitative estimate of drug-likeness (QED) is 0.766. The van der Waals surface area contributed by atoms with Gasteiger partial charge in [0.1, 0.15) is 0 Å². The highest BCUT2D eigenvalue weighted by Gasteiger charge is 2.35. The summed E-state index contributed by atoms with van der Waals surface area (Å²) < 4.78 is 5.45. The summed E-state index contributed by atoms with van der Waals surface area (Å²) in [4.78, 5) is 19.0. The molecule has 1 aliphatic heterocycles. The molecule has 1 amide bonds. The van der Waals surface area contributed by atoms with Crippen LogP contribution in [0.1, 0.15) is 31.0 Å². The summed E-state index contributed by atoms with van der Waals surface area (Å²) in [5, 5.41) is 9.44. The Morgan fingerprint density at radius 1 is 1.27 bits per heavy atom. The van der Waals surface area contributed by atoms with E-state index < -0.39 is 0 Å². The van der Waals surface area contributed by atoms with E-state index in [1.54, 1.807) is 0 Å². The summed E-state index contributed by atoms with van der Waals surface area (Å²) in [5.74, 6) is 1.26. The zero-order chi connectivity index (χ0) is 18.1. The van der Waals surface area contributed by atoms with Crippen LogP contribution < -0.4 is 10.2 Å². The van der Waals surface area contributed by atoms with E-state index in [9.17, 15) is 4.79 Å². The number of benzene rings is 2. The first-order valence-electron chi connectivity index (χ1n) is 8.93. The number of nitrogens with one attached hydrogen (secondary N) is 1. The minimum Gasteiger partial charge on any atom is -0.339 e. The lowest BCUT2D eigenvalue weighted by atomic mass is 10.1. The van der Waals surface area contributed by atoms with Crippen LogP contribution in [0, 0.1) is 0 Å². The molecular weight excluding hydrogens is 328 g/mol. The van der Waals surface area contributed by atoms with Gasteiger partial charge in [-0.3, -0.25) is 4.79 Å². The first-order valence-corrected chi connectivity index (χ1v) is 8.93. The average molecular weight is 350 g/mol. The average Bonchev–Trinajstić information content (AvgIpc) is 3.27. The Kier molecular flexibility index (Phi) is 4.42. The number of likely N-dealkylation sites (N-methyl/N-ethyl adjacent to an activating group) is 1. The van der Waals surface area contributed by atoms with Crippen molar-refractivity contribution in [2.24, 2.45) is 0 Å². The van der Waals surface area contributed by atoms with Gasteiger partial charge >= 0.3 is 0 Å². The van der Waals surface area contributed by atoms with Crippen molar-refractivity contribution in [1.29, 1.82) is 0 Å². The predicted octanol–water partition coefficient (Wildman–Crippen LogP) is 2.89. The number of nitrogens with zero attached hydrogens (tertiary/aromatic N) is 3. The Morgan fingerprint density at radius 3 is 2.92 bits per heavy atom. The second-order valence-electron chi connectivity index (χ2n) is 6.85. The van der Waals surface area contributed by atoms with Gasteiger partial charge in [0, 0.05) is 30.8 Å². The summed E-state index contributed by atoms with van der Waals surface area (Å²) >= 11 is 0. The second-order valence-corrected chi connectivity index (χ2v) is 6.85. The van der Waals surface area contributed by atoms with Crippen molar-refractivity contribution < 1.29 is 9.32 Å². The van der Waals surface area contributed by atoms with Crippen LogP contribution in [0.2, 0.25) is 0 Å². The zero-order valence-corrected chi connectivity index (χ0v) is 15.0. The number of fused-ring (bicyclic) bond motifs is 1. The number of hydrogen-bond acceptors (Lipinski definition) is 5. The van der Waals surface area contributed by atoms with Crippen molar-refractivity contribution in [3.63, 3.8) is 0 Å². The number of hydrogen-bond donors (Lipinski definition) is 1. The fraction of sp³-hybridized carbons (Fsp3) is 0.350. The molecule has 0 aliphatic carbocycles. The van der Waals surface area contributed by atoms with E-state index in [4.69, 9.17) is 4.52 Å². The van der Waals surface area contributed by atoms with Crippen LogP contribution in [-0.2, 0) is 11.2 Å². The summed E-state index contributed by atoms with van der Waals surface area (Å²) in [6.45, 7) is 2.63. The molecule has 1 aliphatic rings. The normalized spacial score (nSPS) is 18.6. The van der Waals surface area contributed by atoms with Gasteiger partial charge < -0.3 is 14.7 Å². The van der Waals surface area contributed by atoms with Gasteiger partial charge in [0.2, 0.25) is 11.8 Å². The maximum absolute atomic E-state index is 12.7. The van der Waals surface area contributed by atoms with E-state index in [0.717, 1.165) is 16.5 Å². The molecule has 3 aromatic rings. The van der Waals surface area contributed by atoms with E-state index in [1.807, 2.05) is 36.2 Å². The maximum Gasteiger partial charge on any atom is 0.232 e. The van der Waals surface area contributed by atoms with Gasteiger partial charge in [-0.25, -0.2) is 0 Å². The fourth-order valence-corrected chi connectivity index (χ4v) is 3.44. The molecule has 1 fully saturated rings. The van der Waals surface area contributed by atoms with Crippen molar-refractivity contribution in [3.8, 4) is 0 Å². The lowest BCUT2D eigenvalue weighted by Crippen LogP contribution is -2.24. The summed E-state index contributed by atoms with van der Waals surface area (Å²) in [7, 11) is 1.91. The van der Waals surface area contributed by atoms with Crippen LogP contribution in [0.4, 0.5) is 5.69 Å². The van der Waals surface area contributed by atoms with Crippen molar-refractivity contribution in [2.45, 2.75) is 31.7 Å². The number of amides is 1. The van der Waals surface area contributed by atoms with Gasteiger partial charge in [0.25, 0.3) is 0 Å². The third-order valence-corrected chi connectivity index (χ3v) is 5.00. The predicted molar refractivity (Wildman–Crippen MR) is 100 cm³/mol. The summed E-state index contributed by atoms with van der Waals surface area (Å²) in [6.07, 6.45) is 1.10. The standard InChI is InChI=1S/C20H22N4O2/c1-13(21-2)10-18-22-20(26-23-18)15-11-19(25)24(12-15)17-9-5-7-14-6-3-4-8-16(14)17/h3-9,13,15,21H,10-12H2,1-2H3. The van der Waals surface area contributed by atoms with Crippen molar-refractivity contribution in [1.82, 2.24) is 15.5 Å². The van der Waals surface area contributed by atoms with Crippen LogP contribution in [0.3, 0.4) is 0 Å². The van der Waals surface area contributed by atoms with Crippen molar-refractivity contribution in [2.75, 3.05) is 18.5 Å². The first kappa shape index (κ1) is 16.7. The Hall–Kier alpha value is -2.73. The molecule has 1 saturated heterocycles. The minimum absolute atomic E-state index is 0.0624. The van der Waals surface area contributed by atoms with E-state index in [0.29, 0.717) is 31.1 Å². The fourth-order valence-electron chi connectivity index (χ4n) is 3.44. The van der Waals surface area contributed by atoms with Crippen molar-refractivity contribution >= 4 is 22.4 Å². The lowest BCUT2D eigenvalue weighted by Gasteiger charge is -2.18. The second kappa shape index (κ2) is 6.88. The molecule has 2 aromatic carbocycles. The van der Waals surface area contributed by atoms with Gasteiger partial charge in [-0.2, -0.15) is 4.98 Å². The van der Waals surface area contributed by atoms with Gasteiger partial charge in [0.15, 0.2) is 5.82 Å². The molecular formula is C20H22N4O2. The number of rotatable bonds is 5. The topological polar surface area (TPSA) is 71.3 Å². The van der Waals surface area contributed by atoms with Crippen LogP contribution >= 0.6 is 0 Å². The van der Waals surface area contributed by atoms with E-state index >= 15 is 0 Å². The van der Waals surface area contributed by atoms with Gasteiger partial charge in [-0.15, -0.1) is 0 Å². The molecule has 6 nitrogen and oxygen atoms in total. The Morgan fingerprint density at radius 2 is 2.08 bits per heavy atom. The lowest BCUT2D eigenvalue weighted by molar-refractivity contribution is -0.117. The highest BCUT2D eigenvalue weighted by Crippen LogP contribution is 2.34. The first-order chi connectivity index (χ1) is 12.7. The highest BCUT2D eigenvalue weighted by molar-refractivity contribution is 6.05. The third kappa shape index (κ3) is 3.08. The van der Waals surface area contributed by atoms with E-state index in [2.05, 4.69) is 40.6 Å². The van der Waals surface area contributed by atoms with Crippen molar-refractivity contribution in [3.05, 3.63) is 54.2 Å². The van der Waals surface area contributed by atoms with Gasteiger partial charge in [-0.1, -0.05) is 41.6 Å². The smallest absolute Gasteiger partial charge is 0.232 e. The van der Waals surface area contributed by atoms with Crippen LogP contribution in [0.15, 0.2) is 47.0 Å². The molecule has 2 atom stereocenters. The monoisotopic (exact) mass is 350 g/mol. The Bertz CT molecular complexity index is 931. The molecule has 4 rings (SSSR count). The Labute approximate surface area is 152 Å². The third-order valence-electron chi connectivity index (χ3n) is 5.00. The molecule has 0 radical (unpaired) electrons. The van der Waals surface area contributed by atoms with E-state index in [1.165, 1.54) is 0 Å². The Balaban J connectivity index is 1.57. The molecule has 2 unspecified atom stereocenters. The summed E-state index contributed by atoms with van der Waals surface area (Å²) in [6, 6.07) is 14.4. The largest absolute Gasteiger partial charge is 0.339 e. The molecule has 0 spiro atoms. The SMILES string of the molecule is CNC(C)Cc1noc(C2CC(=O)N(c3cccc4ccccc34)C2)n1. The van der Waals surface area contributed by atoms with E-state index in [-0.39, 0.29) is 17.9 Å². The van der Waals surface area contributed by atoms with Crippen LogP contribution in [0.25, 0.3) is 10.8 Å². The molecule has 6 heteroatoms. The van der Waals surface area contributed by atoms with Gasteiger partial charge in [0.05, 0.1) is 11.6 Å². The van der Waals surface area contributed by atoms with Crippen LogP contribution in [-0.4, -0.2) is 35.7 Å². The van der Waals surface area contributed by atoms with Gasteiger partial charge in [-0.05, 0) is 25.4 Å². The molecule has 26 heavy (non-hydrogen) atoms. The number of anilines is 1.